The van der Waals surface area contributed by atoms with Gasteiger partial charge in [-0.3, -0.25) is 4.79 Å². The van der Waals surface area contributed by atoms with Crippen LogP contribution in [0.2, 0.25) is 0 Å². The van der Waals surface area contributed by atoms with Crippen LogP contribution in [0.5, 0.6) is 0 Å². The van der Waals surface area contributed by atoms with E-state index in [2.05, 4.69) is 43.0 Å². The Labute approximate surface area is 191 Å². The highest BCUT2D eigenvalue weighted by molar-refractivity contribution is 5.72. The minimum atomic E-state index is -0.441. The molecule has 3 nitrogen and oxygen atoms in total. The lowest BCUT2D eigenvalue weighted by Gasteiger charge is -2.22. The van der Waals surface area contributed by atoms with Crippen molar-refractivity contribution in [2.45, 2.75) is 111 Å². The summed E-state index contributed by atoms with van der Waals surface area (Å²) in [6, 6.07) is 8.25. The normalized spacial score (nSPS) is 12.2. The van der Waals surface area contributed by atoms with Crippen molar-refractivity contribution < 1.29 is 14.3 Å². The molecule has 0 aliphatic rings. The number of unbranched alkanes of at least 4 members (excludes halogenated alkanes) is 8. The fourth-order valence-corrected chi connectivity index (χ4v) is 3.32. The van der Waals surface area contributed by atoms with Crippen molar-refractivity contribution in [2.24, 2.45) is 5.92 Å². The maximum Gasteiger partial charge on any atom is 0.309 e. The van der Waals surface area contributed by atoms with Crippen LogP contribution in [0.4, 0.5) is 0 Å². The number of hydrogen-bond acceptors (Lipinski definition) is 3. The van der Waals surface area contributed by atoms with Gasteiger partial charge in [0.15, 0.2) is 0 Å². The first-order valence-corrected chi connectivity index (χ1v) is 12.2. The van der Waals surface area contributed by atoms with Gasteiger partial charge in [-0.2, -0.15) is 0 Å². The molecular weight excluding hydrogens is 384 g/mol. The lowest BCUT2D eigenvalue weighted by molar-refractivity contribution is -0.159. The number of benzene rings is 1. The number of ether oxygens (including phenoxy) is 2. The average molecular weight is 429 g/mol. The smallest absolute Gasteiger partial charge is 0.309 e. The van der Waals surface area contributed by atoms with Crippen LogP contribution in [0.15, 0.2) is 24.3 Å². The van der Waals surface area contributed by atoms with Crippen LogP contribution in [0.3, 0.4) is 0 Å². The Morgan fingerprint density at radius 2 is 1.48 bits per heavy atom. The van der Waals surface area contributed by atoms with Gasteiger partial charge in [-0.05, 0) is 44.7 Å². The summed E-state index contributed by atoms with van der Waals surface area (Å²) in [5.41, 5.74) is 1.81. The first kappa shape index (κ1) is 27.2. The third-order valence-corrected chi connectivity index (χ3v) is 5.10. The van der Waals surface area contributed by atoms with Crippen LogP contribution in [-0.2, 0) is 27.3 Å². The minimum absolute atomic E-state index is 0.148. The van der Waals surface area contributed by atoms with Gasteiger partial charge in [0.25, 0.3) is 0 Å². The summed E-state index contributed by atoms with van der Waals surface area (Å²) in [6.07, 6.45) is 12.3. The summed E-state index contributed by atoms with van der Waals surface area (Å²) in [6.45, 7) is 10.9. The van der Waals surface area contributed by atoms with Crippen molar-refractivity contribution in [3.8, 4) is 11.8 Å². The molecule has 0 N–H and O–H groups in total. The van der Waals surface area contributed by atoms with Crippen molar-refractivity contribution in [3.05, 3.63) is 35.4 Å². The van der Waals surface area contributed by atoms with Gasteiger partial charge >= 0.3 is 5.97 Å². The molecule has 1 atom stereocenters. The van der Waals surface area contributed by atoms with E-state index in [0.717, 1.165) is 17.5 Å². The Balaban J connectivity index is 2.15. The zero-order valence-electron chi connectivity index (χ0n) is 20.6. The molecule has 1 unspecified atom stereocenters. The van der Waals surface area contributed by atoms with Gasteiger partial charge in [0, 0.05) is 6.42 Å². The van der Waals surface area contributed by atoms with Crippen molar-refractivity contribution >= 4 is 5.97 Å². The molecule has 0 aliphatic carbocycles. The quantitative estimate of drug-likeness (QED) is 0.178. The van der Waals surface area contributed by atoms with E-state index < -0.39 is 5.60 Å². The predicted octanol–water partition coefficient (Wildman–Crippen LogP) is 7.26. The summed E-state index contributed by atoms with van der Waals surface area (Å²) in [5, 5.41) is 0. The maximum atomic E-state index is 12.1. The highest BCUT2D eigenvalue weighted by Gasteiger charge is 2.21. The molecule has 31 heavy (non-hydrogen) atoms. The molecule has 0 bridgehead atoms. The number of hydrogen-bond donors (Lipinski definition) is 0. The number of carbonyl (C=O) groups excluding carboxylic acids is 1. The molecule has 0 fully saturated rings. The Morgan fingerprint density at radius 3 is 2.10 bits per heavy atom. The number of rotatable bonds is 14. The number of esters is 1. The lowest BCUT2D eigenvalue weighted by atomic mass is 10.00. The maximum absolute atomic E-state index is 12.1. The van der Waals surface area contributed by atoms with Crippen LogP contribution in [-0.4, -0.2) is 18.2 Å². The second-order valence-corrected chi connectivity index (χ2v) is 9.53. The minimum Gasteiger partial charge on any atom is -0.460 e. The molecule has 0 amide bonds. The second kappa shape index (κ2) is 15.9. The van der Waals surface area contributed by atoms with Gasteiger partial charge in [-0.15, -0.1) is 5.92 Å². The van der Waals surface area contributed by atoms with Crippen LogP contribution in [0.25, 0.3) is 0 Å². The molecule has 0 radical (unpaired) electrons. The molecule has 3 heteroatoms. The zero-order chi connectivity index (χ0) is 23.0. The van der Waals surface area contributed by atoms with E-state index >= 15 is 0 Å². The highest BCUT2D eigenvalue weighted by Crippen LogP contribution is 2.16. The summed E-state index contributed by atoms with van der Waals surface area (Å²) in [5.74, 6) is 6.04. The largest absolute Gasteiger partial charge is 0.460 e. The average Bonchev–Trinajstić information content (AvgIpc) is 2.71. The van der Waals surface area contributed by atoms with Gasteiger partial charge in [0.05, 0.1) is 12.5 Å². The fourth-order valence-electron chi connectivity index (χ4n) is 3.32. The highest BCUT2D eigenvalue weighted by atomic mass is 16.6. The van der Waals surface area contributed by atoms with Crippen LogP contribution in [0, 0.1) is 17.8 Å². The summed E-state index contributed by atoms with van der Waals surface area (Å²) >= 11 is 0. The van der Waals surface area contributed by atoms with E-state index in [0.29, 0.717) is 19.6 Å². The van der Waals surface area contributed by atoms with Gasteiger partial charge in [-0.1, -0.05) is 89.0 Å². The molecule has 1 aromatic carbocycles. The molecule has 1 rings (SSSR count). The van der Waals surface area contributed by atoms with Gasteiger partial charge in [0.1, 0.15) is 12.2 Å². The van der Waals surface area contributed by atoms with Gasteiger partial charge in [-0.25, -0.2) is 0 Å². The van der Waals surface area contributed by atoms with E-state index in [1.807, 2.05) is 27.7 Å². The molecule has 174 valence electrons. The standard InChI is InChI=1S/C28H44O3/c1-6-7-8-9-10-11-12-13-14-15-16-21-30-23-26-19-17-25(18-20-26)22-24(2)27(29)31-28(3,4)5/h17-20,24H,6-14,21-23H2,1-5H3. The molecule has 0 spiro atoms. The first-order valence-electron chi connectivity index (χ1n) is 12.2. The Bertz CT molecular complexity index is 658. The Morgan fingerprint density at radius 1 is 0.903 bits per heavy atom. The first-order chi connectivity index (χ1) is 14.8. The molecule has 0 aliphatic heterocycles. The van der Waals surface area contributed by atoms with Crippen molar-refractivity contribution in [3.63, 3.8) is 0 Å². The van der Waals surface area contributed by atoms with Crippen LogP contribution >= 0.6 is 0 Å². The molecular formula is C28H44O3. The molecule has 0 saturated heterocycles. The van der Waals surface area contributed by atoms with E-state index in [-0.39, 0.29) is 11.9 Å². The van der Waals surface area contributed by atoms with Crippen molar-refractivity contribution in [1.82, 2.24) is 0 Å². The zero-order valence-corrected chi connectivity index (χ0v) is 20.6. The third kappa shape index (κ3) is 14.8. The predicted molar refractivity (Wildman–Crippen MR) is 130 cm³/mol. The Kier molecular flexibility index (Phi) is 14.0. The van der Waals surface area contributed by atoms with E-state index in [1.165, 1.54) is 51.4 Å². The topological polar surface area (TPSA) is 35.5 Å². The van der Waals surface area contributed by atoms with E-state index in [9.17, 15) is 4.79 Å². The second-order valence-electron chi connectivity index (χ2n) is 9.53. The van der Waals surface area contributed by atoms with Gasteiger partial charge in [0.2, 0.25) is 0 Å². The monoisotopic (exact) mass is 428 g/mol. The van der Waals surface area contributed by atoms with E-state index in [4.69, 9.17) is 9.47 Å². The SMILES string of the molecule is CCCCCCCCCCC#CCOCc1ccc(CC(C)C(=O)OC(C)(C)C)cc1. The van der Waals surface area contributed by atoms with Gasteiger partial charge < -0.3 is 9.47 Å². The van der Waals surface area contributed by atoms with Crippen LogP contribution < -0.4 is 0 Å². The number of carbonyl (C=O) groups is 1. The summed E-state index contributed by atoms with van der Waals surface area (Å²) < 4.78 is 11.1. The molecule has 0 aromatic heterocycles. The lowest BCUT2D eigenvalue weighted by Crippen LogP contribution is -2.28. The Hall–Kier alpha value is -1.79. The summed E-state index contributed by atoms with van der Waals surface area (Å²) in [4.78, 5) is 12.1. The fraction of sp³-hybridized carbons (Fsp3) is 0.679. The summed E-state index contributed by atoms with van der Waals surface area (Å²) in [7, 11) is 0. The molecule has 0 heterocycles. The van der Waals surface area contributed by atoms with Crippen LogP contribution in [0.1, 0.15) is 104 Å². The van der Waals surface area contributed by atoms with E-state index in [1.54, 1.807) is 0 Å². The molecule has 1 aromatic rings. The van der Waals surface area contributed by atoms with Crippen molar-refractivity contribution in [1.29, 1.82) is 0 Å². The molecule has 0 saturated carbocycles. The van der Waals surface area contributed by atoms with Crippen molar-refractivity contribution in [2.75, 3.05) is 6.61 Å². The third-order valence-electron chi connectivity index (χ3n) is 5.10.